The van der Waals surface area contributed by atoms with E-state index in [0.717, 1.165) is 18.5 Å². The number of anilines is 3. The monoisotopic (exact) mass is 443 g/mol. The van der Waals surface area contributed by atoms with Gasteiger partial charge in [0.15, 0.2) is 5.82 Å². The highest BCUT2D eigenvalue weighted by molar-refractivity contribution is 7.19. The normalized spacial score (nSPS) is 16.8. The molecular weight excluding hydrogens is 421 g/mol. The quantitative estimate of drug-likeness (QED) is 0.547. The second-order valence-corrected chi connectivity index (χ2v) is 8.09. The molecule has 2 N–H and O–H groups in total. The Morgan fingerprint density at radius 1 is 1.19 bits per heavy atom. The van der Waals surface area contributed by atoms with E-state index in [1.54, 1.807) is 13.2 Å². The number of halogens is 1. The zero-order valence-corrected chi connectivity index (χ0v) is 17.7. The van der Waals surface area contributed by atoms with Crippen molar-refractivity contribution in [2.75, 3.05) is 42.3 Å². The van der Waals surface area contributed by atoms with Crippen LogP contribution in [0, 0.1) is 5.95 Å². The van der Waals surface area contributed by atoms with Crippen molar-refractivity contribution in [2.45, 2.75) is 18.4 Å². The number of aromatic nitrogens is 4. The van der Waals surface area contributed by atoms with Gasteiger partial charge < -0.3 is 15.0 Å². The number of nitrogens with one attached hydrogen (secondary N) is 2. The lowest BCUT2D eigenvalue weighted by molar-refractivity contribution is -0.118. The van der Waals surface area contributed by atoms with E-state index in [0.29, 0.717) is 22.6 Å². The molecule has 2 aromatic heterocycles. The number of benzene rings is 1. The van der Waals surface area contributed by atoms with E-state index in [2.05, 4.69) is 31.0 Å². The fourth-order valence-corrected chi connectivity index (χ4v) is 4.16. The van der Waals surface area contributed by atoms with Crippen LogP contribution in [0.25, 0.3) is 0 Å². The minimum atomic E-state index is -0.596. The van der Waals surface area contributed by atoms with E-state index in [1.165, 1.54) is 17.4 Å². The third-order valence-electron chi connectivity index (χ3n) is 4.96. The first-order valence-electron chi connectivity index (χ1n) is 9.81. The Bertz CT molecular complexity index is 1000. The number of amides is 1. The van der Waals surface area contributed by atoms with Crippen LogP contribution in [0.5, 0.6) is 0 Å². The van der Waals surface area contributed by atoms with E-state index in [9.17, 15) is 9.18 Å². The third-order valence-corrected chi connectivity index (χ3v) is 5.73. The summed E-state index contributed by atoms with van der Waals surface area (Å²) in [4.78, 5) is 14.8. The second kappa shape index (κ2) is 9.75. The van der Waals surface area contributed by atoms with Crippen molar-refractivity contribution < 1.29 is 13.9 Å². The largest absolute Gasteiger partial charge is 0.384 e. The molecule has 1 fully saturated rings. The summed E-state index contributed by atoms with van der Waals surface area (Å²) in [7, 11) is 1.57. The highest BCUT2D eigenvalue weighted by atomic mass is 32.1. The number of hydrogen-bond acceptors (Lipinski definition) is 9. The Kier molecular flexibility index (Phi) is 6.63. The van der Waals surface area contributed by atoms with E-state index in [4.69, 9.17) is 4.74 Å². The molecular formula is C20H22FN7O2S. The Hall–Kier alpha value is -3.18. The average Bonchev–Trinajstić information content (AvgIpc) is 3.43. The molecule has 4 rings (SSSR count). The molecule has 0 saturated carbocycles. The first-order chi connectivity index (χ1) is 15.1. The first-order valence-corrected chi connectivity index (χ1v) is 10.6. The summed E-state index contributed by atoms with van der Waals surface area (Å²) in [6.07, 6.45) is 0.865. The molecule has 0 aliphatic carbocycles. The molecule has 31 heavy (non-hydrogen) atoms. The van der Waals surface area contributed by atoms with Gasteiger partial charge in [0.2, 0.25) is 22.1 Å². The molecule has 1 aromatic carbocycles. The summed E-state index contributed by atoms with van der Waals surface area (Å²) in [5.74, 6) is -0.591. The van der Waals surface area contributed by atoms with Crippen molar-refractivity contribution in [3.63, 3.8) is 0 Å². The van der Waals surface area contributed by atoms with Gasteiger partial charge in [-0.3, -0.25) is 10.1 Å². The van der Waals surface area contributed by atoms with E-state index in [1.807, 2.05) is 35.2 Å². The molecule has 0 spiro atoms. The van der Waals surface area contributed by atoms with Crippen molar-refractivity contribution in [2.24, 2.45) is 0 Å². The van der Waals surface area contributed by atoms with Crippen molar-refractivity contribution >= 4 is 33.3 Å². The number of carbonyl (C=O) groups excluding carboxylic acids is 1. The fraction of sp³-hybridized carbons (Fsp3) is 0.350. The molecule has 1 aliphatic rings. The van der Waals surface area contributed by atoms with Crippen LogP contribution < -0.4 is 15.5 Å². The molecule has 1 unspecified atom stereocenters. The highest BCUT2D eigenvalue weighted by Gasteiger charge is 2.25. The topological polar surface area (TPSA) is 105 Å². The number of rotatable bonds is 8. The highest BCUT2D eigenvalue weighted by Crippen LogP contribution is 2.26. The van der Waals surface area contributed by atoms with Crippen LogP contribution in [-0.2, 0) is 9.53 Å². The molecule has 1 saturated heterocycles. The van der Waals surface area contributed by atoms with E-state index < -0.39 is 11.9 Å². The van der Waals surface area contributed by atoms with Gasteiger partial charge in [0.1, 0.15) is 0 Å². The minimum Gasteiger partial charge on any atom is -0.384 e. The second-order valence-electron chi connectivity index (χ2n) is 7.11. The summed E-state index contributed by atoms with van der Waals surface area (Å²) in [5.41, 5.74) is 0.875. The van der Waals surface area contributed by atoms with Crippen LogP contribution >= 0.6 is 11.3 Å². The summed E-state index contributed by atoms with van der Waals surface area (Å²) >= 11 is 1.28. The van der Waals surface area contributed by atoms with Crippen molar-refractivity contribution in [3.8, 4) is 0 Å². The first kappa shape index (κ1) is 21.1. The third kappa shape index (κ3) is 5.30. The maximum atomic E-state index is 13.0. The van der Waals surface area contributed by atoms with Crippen LogP contribution in [-0.4, -0.2) is 59.1 Å². The van der Waals surface area contributed by atoms with E-state index in [-0.39, 0.29) is 18.6 Å². The molecule has 3 aromatic rings. The van der Waals surface area contributed by atoms with Gasteiger partial charge in [-0.25, -0.2) is 0 Å². The number of ether oxygens (including phenoxy) is 1. The Morgan fingerprint density at radius 3 is 2.74 bits per heavy atom. The van der Waals surface area contributed by atoms with Crippen LogP contribution in [0.4, 0.5) is 20.5 Å². The predicted octanol–water partition coefficient (Wildman–Crippen LogP) is 2.53. The minimum absolute atomic E-state index is 0.133. The van der Waals surface area contributed by atoms with Gasteiger partial charge in [0.25, 0.3) is 0 Å². The lowest BCUT2D eigenvalue weighted by Gasteiger charge is -2.16. The number of carbonyl (C=O) groups is 1. The number of nitrogens with zero attached hydrogens (tertiary/aromatic N) is 5. The van der Waals surface area contributed by atoms with Gasteiger partial charge in [0, 0.05) is 26.2 Å². The van der Waals surface area contributed by atoms with Gasteiger partial charge in [-0.1, -0.05) is 41.7 Å². The molecule has 2 atom stereocenters. The SMILES string of the molecule is COCC(C(=O)Nc1nnc(N[C@@H]2CCN(c3ccc(F)nn3)C2)s1)c1ccccc1. The molecule has 162 valence electrons. The van der Waals surface area contributed by atoms with Gasteiger partial charge in [-0.2, -0.15) is 4.39 Å². The average molecular weight is 444 g/mol. The molecule has 9 nitrogen and oxygen atoms in total. The zero-order chi connectivity index (χ0) is 21.6. The molecule has 3 heterocycles. The van der Waals surface area contributed by atoms with Gasteiger partial charge in [0.05, 0.1) is 12.5 Å². The lowest BCUT2D eigenvalue weighted by Crippen LogP contribution is -2.26. The van der Waals surface area contributed by atoms with E-state index >= 15 is 0 Å². The van der Waals surface area contributed by atoms with Crippen molar-refractivity contribution in [3.05, 3.63) is 54.0 Å². The van der Waals surface area contributed by atoms with Crippen LogP contribution in [0.15, 0.2) is 42.5 Å². The van der Waals surface area contributed by atoms with Gasteiger partial charge >= 0.3 is 0 Å². The van der Waals surface area contributed by atoms with Gasteiger partial charge in [-0.15, -0.1) is 20.4 Å². The maximum Gasteiger partial charge on any atom is 0.236 e. The van der Waals surface area contributed by atoms with Crippen LogP contribution in [0.2, 0.25) is 0 Å². The molecule has 0 radical (unpaired) electrons. The zero-order valence-electron chi connectivity index (χ0n) is 16.9. The molecule has 1 aliphatic heterocycles. The van der Waals surface area contributed by atoms with Crippen LogP contribution in [0.1, 0.15) is 17.9 Å². The Morgan fingerprint density at radius 2 is 2.00 bits per heavy atom. The predicted molar refractivity (Wildman–Crippen MR) is 116 cm³/mol. The summed E-state index contributed by atoms with van der Waals surface area (Å²) in [6.45, 7) is 1.73. The summed E-state index contributed by atoms with van der Waals surface area (Å²) in [5, 5.41) is 22.8. The van der Waals surface area contributed by atoms with Crippen LogP contribution in [0.3, 0.4) is 0 Å². The standard InChI is InChI=1S/C20H22FN7O2S/c1-30-12-15(13-5-3-2-4-6-13)18(29)23-20-27-26-19(31-20)22-14-9-10-28(11-14)17-8-7-16(21)24-25-17/h2-8,14-15H,9-12H2,1H3,(H,22,26)(H,23,27,29)/t14-,15?/m1/s1. The Labute approximate surface area is 182 Å². The molecule has 11 heteroatoms. The number of methoxy groups -OCH3 is 1. The summed E-state index contributed by atoms with van der Waals surface area (Å²) < 4.78 is 18.2. The fourth-order valence-electron chi connectivity index (χ4n) is 3.44. The van der Waals surface area contributed by atoms with Gasteiger partial charge in [-0.05, 0) is 24.1 Å². The molecule has 1 amide bonds. The molecule has 0 bridgehead atoms. The Balaban J connectivity index is 1.34. The smallest absolute Gasteiger partial charge is 0.236 e. The van der Waals surface area contributed by atoms with Crippen molar-refractivity contribution in [1.29, 1.82) is 0 Å². The van der Waals surface area contributed by atoms with Crippen molar-refractivity contribution in [1.82, 2.24) is 20.4 Å². The lowest BCUT2D eigenvalue weighted by atomic mass is 9.99. The number of hydrogen-bond donors (Lipinski definition) is 2. The summed E-state index contributed by atoms with van der Waals surface area (Å²) in [6, 6.07) is 12.5. The maximum absolute atomic E-state index is 13.0.